The van der Waals surface area contributed by atoms with Gasteiger partial charge in [0.1, 0.15) is 11.4 Å². The minimum atomic E-state index is -0.787. The second kappa shape index (κ2) is 4.93. The highest BCUT2D eigenvalue weighted by Gasteiger charge is 2.36. The van der Waals surface area contributed by atoms with Gasteiger partial charge in [0.2, 0.25) is 5.78 Å². The van der Waals surface area contributed by atoms with Gasteiger partial charge in [-0.05, 0) is 24.3 Å². The molecule has 0 fully saturated rings. The van der Waals surface area contributed by atoms with Crippen LogP contribution < -0.4 is 9.64 Å². The highest BCUT2D eigenvalue weighted by atomic mass is 16.5. The average molecular weight is 261 g/mol. The molecule has 0 radical (unpaired) electrons. The van der Waals surface area contributed by atoms with Crippen LogP contribution in [0.25, 0.3) is 0 Å². The topological polar surface area (TPSA) is 72.9 Å². The molecule has 1 aliphatic heterocycles. The van der Waals surface area contributed by atoms with Gasteiger partial charge in [0.15, 0.2) is 0 Å². The predicted molar refractivity (Wildman–Crippen MR) is 65.6 cm³/mol. The Morgan fingerprint density at radius 2 is 1.74 bits per heavy atom. The summed E-state index contributed by atoms with van der Waals surface area (Å²) in [6.07, 6.45) is 0.971. The van der Waals surface area contributed by atoms with Crippen molar-refractivity contribution >= 4 is 23.3 Å². The molecular weight excluding hydrogens is 250 g/mol. The number of carbonyl (C=O) groups is 3. The Morgan fingerprint density at radius 3 is 2.26 bits per heavy atom. The first-order valence-corrected chi connectivity index (χ1v) is 5.41. The van der Waals surface area contributed by atoms with Gasteiger partial charge in [-0.1, -0.05) is 0 Å². The molecule has 1 aromatic rings. The summed E-state index contributed by atoms with van der Waals surface area (Å²) in [6, 6.07) is 6.40. The maximum atomic E-state index is 11.8. The fraction of sp³-hybridized carbons (Fsp3) is 0.154. The molecule has 6 nitrogen and oxygen atoms in total. The molecule has 0 saturated carbocycles. The summed E-state index contributed by atoms with van der Waals surface area (Å²) >= 11 is 0. The van der Waals surface area contributed by atoms with Crippen molar-refractivity contribution in [1.29, 1.82) is 0 Å². The van der Waals surface area contributed by atoms with Gasteiger partial charge in [0.25, 0.3) is 0 Å². The lowest BCUT2D eigenvalue weighted by Gasteiger charge is -2.18. The maximum absolute atomic E-state index is 11.8. The van der Waals surface area contributed by atoms with Gasteiger partial charge in [-0.25, -0.2) is 4.79 Å². The first-order valence-electron chi connectivity index (χ1n) is 5.41. The predicted octanol–water partition coefficient (Wildman–Crippen LogP) is 0.668. The van der Waals surface area contributed by atoms with E-state index in [1.165, 1.54) is 14.2 Å². The average Bonchev–Trinajstić information content (AvgIpc) is 2.74. The van der Waals surface area contributed by atoms with E-state index in [-0.39, 0.29) is 5.70 Å². The van der Waals surface area contributed by atoms with E-state index in [2.05, 4.69) is 4.74 Å². The van der Waals surface area contributed by atoms with Crippen molar-refractivity contribution in [3.05, 3.63) is 36.0 Å². The Balaban J connectivity index is 2.40. The lowest BCUT2D eigenvalue weighted by Crippen LogP contribution is -2.31. The van der Waals surface area contributed by atoms with Crippen LogP contribution in [-0.2, 0) is 19.1 Å². The molecule has 0 spiro atoms. The minimum Gasteiger partial charge on any atom is -0.497 e. The molecule has 98 valence electrons. The van der Waals surface area contributed by atoms with Crippen LogP contribution in [-0.4, -0.2) is 31.9 Å². The zero-order valence-corrected chi connectivity index (χ0v) is 10.4. The lowest BCUT2D eigenvalue weighted by atomic mass is 10.2. The van der Waals surface area contributed by atoms with Crippen LogP contribution in [0.2, 0.25) is 0 Å². The molecule has 0 atom stereocenters. The second-order valence-electron chi connectivity index (χ2n) is 3.72. The molecule has 6 heteroatoms. The molecule has 0 N–H and O–H groups in total. The Labute approximate surface area is 109 Å². The SMILES string of the molecule is COC(=O)C1=CC(=O)C(=O)N1c1ccc(OC)cc1. The van der Waals surface area contributed by atoms with Crippen LogP contribution in [0, 0.1) is 0 Å². The molecule has 0 aromatic heterocycles. The second-order valence-corrected chi connectivity index (χ2v) is 3.72. The maximum Gasteiger partial charge on any atom is 0.355 e. The van der Waals surface area contributed by atoms with E-state index in [0.29, 0.717) is 11.4 Å². The molecule has 0 bridgehead atoms. The van der Waals surface area contributed by atoms with Crippen molar-refractivity contribution in [2.45, 2.75) is 0 Å². The van der Waals surface area contributed by atoms with Gasteiger partial charge in [-0.2, -0.15) is 0 Å². The molecule has 1 heterocycles. The van der Waals surface area contributed by atoms with Crippen LogP contribution in [0.4, 0.5) is 5.69 Å². The highest BCUT2D eigenvalue weighted by Crippen LogP contribution is 2.26. The number of nitrogens with zero attached hydrogens (tertiary/aromatic N) is 1. The summed E-state index contributed by atoms with van der Waals surface area (Å²) in [7, 11) is 2.70. The Hall–Kier alpha value is -2.63. The number of benzene rings is 1. The summed E-state index contributed by atoms with van der Waals surface area (Å²) in [5, 5.41) is 0. The van der Waals surface area contributed by atoms with E-state index < -0.39 is 17.7 Å². The molecule has 1 aromatic carbocycles. The number of carbonyl (C=O) groups excluding carboxylic acids is 3. The van der Waals surface area contributed by atoms with Crippen molar-refractivity contribution in [1.82, 2.24) is 0 Å². The number of hydrogen-bond donors (Lipinski definition) is 0. The van der Waals surface area contributed by atoms with E-state index >= 15 is 0 Å². The summed E-state index contributed by atoms with van der Waals surface area (Å²) in [5.74, 6) is -1.68. The van der Waals surface area contributed by atoms with E-state index in [1.54, 1.807) is 24.3 Å². The molecule has 2 rings (SSSR count). The number of amides is 1. The van der Waals surface area contributed by atoms with E-state index in [4.69, 9.17) is 4.74 Å². The van der Waals surface area contributed by atoms with Gasteiger partial charge in [0.05, 0.1) is 14.2 Å². The Bertz CT molecular complexity index is 573. The van der Waals surface area contributed by atoms with Crippen molar-refractivity contribution in [3.8, 4) is 5.75 Å². The number of esters is 1. The van der Waals surface area contributed by atoms with E-state index in [0.717, 1.165) is 11.0 Å². The number of ketones is 1. The van der Waals surface area contributed by atoms with Gasteiger partial charge >= 0.3 is 11.9 Å². The zero-order valence-electron chi connectivity index (χ0n) is 10.4. The van der Waals surface area contributed by atoms with Crippen molar-refractivity contribution in [2.24, 2.45) is 0 Å². The summed E-state index contributed by atoms with van der Waals surface area (Å²) in [4.78, 5) is 35.8. The molecule has 1 amide bonds. The van der Waals surface area contributed by atoms with Crippen molar-refractivity contribution < 1.29 is 23.9 Å². The molecule has 19 heavy (non-hydrogen) atoms. The quantitative estimate of drug-likeness (QED) is 0.590. The van der Waals surface area contributed by atoms with Crippen LogP contribution in [0.3, 0.4) is 0 Å². The third kappa shape index (κ3) is 2.20. The standard InChI is InChI=1S/C13H11NO5/c1-18-9-5-3-8(4-6-9)14-10(13(17)19-2)7-11(15)12(14)16/h3-7H,1-2H3. The van der Waals surface area contributed by atoms with Gasteiger partial charge in [0, 0.05) is 11.8 Å². The first-order chi connectivity index (χ1) is 9.08. The minimum absolute atomic E-state index is 0.0948. The fourth-order valence-corrected chi connectivity index (χ4v) is 1.71. The number of anilines is 1. The largest absolute Gasteiger partial charge is 0.497 e. The molecule has 0 unspecified atom stereocenters. The zero-order chi connectivity index (χ0) is 14.0. The van der Waals surface area contributed by atoms with Crippen LogP contribution >= 0.6 is 0 Å². The number of ether oxygens (including phenoxy) is 2. The number of methoxy groups -OCH3 is 2. The lowest BCUT2D eigenvalue weighted by molar-refractivity contribution is -0.136. The Kier molecular flexibility index (Phi) is 3.33. The smallest absolute Gasteiger partial charge is 0.355 e. The van der Waals surface area contributed by atoms with Crippen LogP contribution in [0.5, 0.6) is 5.75 Å². The van der Waals surface area contributed by atoms with Crippen molar-refractivity contribution in [2.75, 3.05) is 19.1 Å². The van der Waals surface area contributed by atoms with Gasteiger partial charge in [-0.3, -0.25) is 14.5 Å². The third-order valence-corrected chi connectivity index (χ3v) is 2.65. The number of hydrogen-bond acceptors (Lipinski definition) is 5. The first kappa shape index (κ1) is 12.8. The monoisotopic (exact) mass is 261 g/mol. The summed E-state index contributed by atoms with van der Waals surface area (Å²) < 4.78 is 9.55. The summed E-state index contributed by atoms with van der Waals surface area (Å²) in [5.41, 5.74) is 0.302. The van der Waals surface area contributed by atoms with E-state index in [1.807, 2.05) is 0 Å². The van der Waals surface area contributed by atoms with Gasteiger partial charge in [-0.15, -0.1) is 0 Å². The van der Waals surface area contributed by atoms with Gasteiger partial charge < -0.3 is 9.47 Å². The summed E-state index contributed by atoms with van der Waals surface area (Å²) in [6.45, 7) is 0. The van der Waals surface area contributed by atoms with Crippen molar-refractivity contribution in [3.63, 3.8) is 0 Å². The highest BCUT2D eigenvalue weighted by molar-refractivity contribution is 6.50. The van der Waals surface area contributed by atoms with E-state index in [9.17, 15) is 14.4 Å². The molecular formula is C13H11NO5. The Morgan fingerprint density at radius 1 is 1.11 bits per heavy atom. The molecule has 0 saturated heterocycles. The normalized spacial score (nSPS) is 14.4. The number of rotatable bonds is 3. The third-order valence-electron chi connectivity index (χ3n) is 2.65. The van der Waals surface area contributed by atoms with Crippen LogP contribution in [0.1, 0.15) is 0 Å². The molecule has 1 aliphatic rings. The molecule has 0 aliphatic carbocycles. The fourth-order valence-electron chi connectivity index (χ4n) is 1.71. The van der Waals surface area contributed by atoms with Crippen LogP contribution in [0.15, 0.2) is 36.0 Å².